The van der Waals surface area contributed by atoms with Crippen LogP contribution in [-0.2, 0) is 12.3 Å². The summed E-state index contributed by atoms with van der Waals surface area (Å²) in [4.78, 5) is 17.4. The van der Waals surface area contributed by atoms with Crippen molar-refractivity contribution in [2.75, 3.05) is 0 Å². The Kier molecular flexibility index (Phi) is 6.97. The lowest BCUT2D eigenvalue weighted by atomic mass is 10.1. The SMILES string of the molecule is O=C(NCc1ccncc1)c1ccc(CSc2nnc(-c3cccs3)n2-c2ccccc2F)cc1. The number of carbonyl (C=O) groups is 1. The topological polar surface area (TPSA) is 72.7 Å². The Morgan fingerprint density at radius 3 is 2.49 bits per heavy atom. The van der Waals surface area contributed by atoms with Gasteiger partial charge in [-0.15, -0.1) is 21.5 Å². The molecule has 0 aliphatic rings. The lowest BCUT2D eigenvalue weighted by Crippen LogP contribution is -2.22. The summed E-state index contributed by atoms with van der Waals surface area (Å²) < 4.78 is 16.4. The quantitative estimate of drug-likeness (QED) is 0.274. The van der Waals surface area contributed by atoms with Gasteiger partial charge in [0.1, 0.15) is 5.82 Å². The van der Waals surface area contributed by atoms with E-state index in [2.05, 4.69) is 20.5 Å². The maximum Gasteiger partial charge on any atom is 0.251 e. The van der Waals surface area contributed by atoms with Gasteiger partial charge < -0.3 is 5.32 Å². The monoisotopic (exact) mass is 501 g/mol. The van der Waals surface area contributed by atoms with Gasteiger partial charge in [0.25, 0.3) is 5.91 Å². The maximum absolute atomic E-state index is 14.7. The summed E-state index contributed by atoms with van der Waals surface area (Å²) >= 11 is 2.99. The molecule has 3 heterocycles. The molecule has 1 N–H and O–H groups in total. The number of thioether (sulfide) groups is 1. The van der Waals surface area contributed by atoms with Gasteiger partial charge in [0, 0.05) is 30.3 Å². The van der Waals surface area contributed by atoms with Crippen LogP contribution < -0.4 is 5.32 Å². The summed E-state index contributed by atoms with van der Waals surface area (Å²) in [5.41, 5.74) is 3.00. The summed E-state index contributed by atoms with van der Waals surface area (Å²) in [6.45, 7) is 0.442. The minimum atomic E-state index is -0.339. The molecule has 0 aliphatic heterocycles. The number of pyridine rings is 1. The van der Waals surface area contributed by atoms with Crippen LogP contribution in [0.1, 0.15) is 21.5 Å². The van der Waals surface area contributed by atoms with Crippen LogP contribution >= 0.6 is 23.1 Å². The first-order valence-electron chi connectivity index (χ1n) is 10.8. The third-order valence-electron chi connectivity index (χ3n) is 5.25. The zero-order chi connectivity index (χ0) is 24.0. The summed E-state index contributed by atoms with van der Waals surface area (Å²) in [5, 5.41) is 14.2. The largest absolute Gasteiger partial charge is 0.348 e. The van der Waals surface area contributed by atoms with E-state index in [9.17, 15) is 9.18 Å². The van der Waals surface area contributed by atoms with Gasteiger partial charge in [0.15, 0.2) is 11.0 Å². The number of para-hydroxylation sites is 1. The number of amides is 1. The molecule has 0 saturated heterocycles. The second-order valence-corrected chi connectivity index (χ2v) is 9.48. The number of aromatic nitrogens is 4. The molecule has 0 atom stereocenters. The van der Waals surface area contributed by atoms with Crippen LogP contribution in [0.2, 0.25) is 0 Å². The highest BCUT2D eigenvalue weighted by Gasteiger charge is 2.19. The predicted molar refractivity (Wildman–Crippen MR) is 136 cm³/mol. The fourth-order valence-corrected chi connectivity index (χ4v) is 5.06. The predicted octanol–water partition coefficient (Wildman–Crippen LogP) is 5.75. The molecule has 5 rings (SSSR count). The molecule has 0 bridgehead atoms. The number of halogens is 1. The number of nitrogens with zero attached hydrogens (tertiary/aromatic N) is 4. The van der Waals surface area contributed by atoms with Crippen molar-refractivity contribution < 1.29 is 9.18 Å². The number of thiophene rings is 1. The molecule has 0 fully saturated rings. The Morgan fingerprint density at radius 2 is 1.74 bits per heavy atom. The first-order chi connectivity index (χ1) is 17.2. The van der Waals surface area contributed by atoms with Crippen molar-refractivity contribution in [2.45, 2.75) is 17.5 Å². The highest BCUT2D eigenvalue weighted by atomic mass is 32.2. The van der Waals surface area contributed by atoms with Crippen molar-refractivity contribution in [2.24, 2.45) is 0 Å². The van der Waals surface area contributed by atoms with Gasteiger partial charge in [0.05, 0.1) is 10.6 Å². The van der Waals surface area contributed by atoms with Crippen molar-refractivity contribution in [3.63, 3.8) is 0 Å². The van der Waals surface area contributed by atoms with Gasteiger partial charge in [-0.2, -0.15) is 0 Å². The van der Waals surface area contributed by atoms with Gasteiger partial charge in [-0.05, 0) is 59.0 Å². The summed E-state index contributed by atoms with van der Waals surface area (Å²) in [7, 11) is 0. The van der Waals surface area contributed by atoms with Crippen LogP contribution in [0, 0.1) is 5.82 Å². The number of carbonyl (C=O) groups excluding carboxylic acids is 1. The Hall–Kier alpha value is -3.82. The van der Waals surface area contributed by atoms with Crippen LogP contribution in [0.3, 0.4) is 0 Å². The molecule has 0 aliphatic carbocycles. The minimum Gasteiger partial charge on any atom is -0.348 e. The van der Waals surface area contributed by atoms with Crippen molar-refractivity contribution in [3.05, 3.63) is 113 Å². The Bertz CT molecular complexity index is 1420. The van der Waals surface area contributed by atoms with Crippen molar-refractivity contribution in [1.29, 1.82) is 0 Å². The molecule has 3 aromatic heterocycles. The molecule has 1 amide bonds. The molecule has 35 heavy (non-hydrogen) atoms. The van der Waals surface area contributed by atoms with Gasteiger partial charge in [0.2, 0.25) is 0 Å². The summed E-state index contributed by atoms with van der Waals surface area (Å²) in [6.07, 6.45) is 3.40. The van der Waals surface area contributed by atoms with Gasteiger partial charge >= 0.3 is 0 Å². The maximum atomic E-state index is 14.7. The molecule has 0 spiro atoms. The zero-order valence-electron chi connectivity index (χ0n) is 18.5. The van der Waals surface area contributed by atoms with Crippen molar-refractivity contribution in [3.8, 4) is 16.4 Å². The fraction of sp³-hybridized carbons (Fsp3) is 0.0769. The second kappa shape index (κ2) is 10.6. The molecule has 0 radical (unpaired) electrons. The van der Waals surface area contributed by atoms with Crippen LogP contribution in [-0.4, -0.2) is 25.7 Å². The third kappa shape index (κ3) is 5.31. The number of hydrogen-bond acceptors (Lipinski definition) is 6. The molecular formula is C26H20FN5OS2. The van der Waals surface area contributed by atoms with E-state index in [1.807, 2.05) is 41.8 Å². The van der Waals surface area contributed by atoms with E-state index >= 15 is 0 Å². The van der Waals surface area contributed by atoms with E-state index in [1.54, 1.807) is 47.3 Å². The highest BCUT2D eigenvalue weighted by molar-refractivity contribution is 7.98. The highest BCUT2D eigenvalue weighted by Crippen LogP contribution is 2.32. The Labute approximate surface area is 209 Å². The smallest absolute Gasteiger partial charge is 0.251 e. The van der Waals surface area contributed by atoms with E-state index in [0.717, 1.165) is 16.0 Å². The van der Waals surface area contributed by atoms with Crippen molar-refractivity contribution in [1.82, 2.24) is 25.1 Å². The summed E-state index contributed by atoms with van der Waals surface area (Å²) in [6, 6.07) is 21.7. The molecule has 0 saturated carbocycles. The third-order valence-corrected chi connectivity index (χ3v) is 7.12. The molecule has 174 valence electrons. The van der Waals surface area contributed by atoms with Crippen LogP contribution in [0.4, 0.5) is 4.39 Å². The first kappa shape index (κ1) is 22.9. The fourth-order valence-electron chi connectivity index (χ4n) is 3.46. The van der Waals surface area contributed by atoms with E-state index < -0.39 is 0 Å². The number of nitrogens with one attached hydrogen (secondary N) is 1. The van der Waals surface area contributed by atoms with Crippen LogP contribution in [0.25, 0.3) is 16.4 Å². The Balaban J connectivity index is 1.30. The van der Waals surface area contributed by atoms with Gasteiger partial charge in [-0.1, -0.05) is 42.1 Å². The van der Waals surface area contributed by atoms with Gasteiger partial charge in [-0.3, -0.25) is 14.3 Å². The average molecular weight is 502 g/mol. The molecule has 9 heteroatoms. The molecule has 5 aromatic rings. The molecular weight excluding hydrogens is 481 g/mol. The zero-order valence-corrected chi connectivity index (χ0v) is 20.1. The molecule has 6 nitrogen and oxygen atoms in total. The van der Waals surface area contributed by atoms with E-state index in [-0.39, 0.29) is 11.7 Å². The van der Waals surface area contributed by atoms with E-state index in [0.29, 0.717) is 34.5 Å². The number of rotatable bonds is 8. The number of benzene rings is 2. The van der Waals surface area contributed by atoms with E-state index in [4.69, 9.17) is 0 Å². The molecule has 2 aromatic carbocycles. The van der Waals surface area contributed by atoms with Crippen LogP contribution in [0.15, 0.2) is 95.7 Å². The lowest BCUT2D eigenvalue weighted by Gasteiger charge is -2.10. The van der Waals surface area contributed by atoms with Gasteiger partial charge in [-0.25, -0.2) is 4.39 Å². The summed E-state index contributed by atoms with van der Waals surface area (Å²) in [5.74, 6) is 0.722. The average Bonchev–Trinajstić information content (AvgIpc) is 3.57. The van der Waals surface area contributed by atoms with Crippen LogP contribution in [0.5, 0.6) is 0 Å². The van der Waals surface area contributed by atoms with Crippen molar-refractivity contribution >= 4 is 29.0 Å². The standard InChI is InChI=1S/C26H20FN5OS2/c27-21-4-1-2-5-22(21)32-24(23-6-3-15-34-23)30-31-26(32)35-17-19-7-9-20(10-8-19)25(33)29-16-18-11-13-28-14-12-18/h1-15H,16-17H2,(H,29,33). The number of hydrogen-bond donors (Lipinski definition) is 1. The lowest BCUT2D eigenvalue weighted by molar-refractivity contribution is 0.0951. The second-order valence-electron chi connectivity index (χ2n) is 7.59. The normalized spacial score (nSPS) is 10.9. The minimum absolute atomic E-state index is 0.138. The first-order valence-corrected chi connectivity index (χ1v) is 12.7. The molecule has 0 unspecified atom stereocenters. The Morgan fingerprint density at radius 1 is 0.943 bits per heavy atom. The van der Waals surface area contributed by atoms with E-state index in [1.165, 1.54) is 29.2 Å².